The molecule has 0 radical (unpaired) electrons. The lowest BCUT2D eigenvalue weighted by Gasteiger charge is -2.22. The molecule has 13 heteroatoms. The van der Waals surface area contributed by atoms with E-state index in [0.29, 0.717) is 13.2 Å². The number of unbranched alkanes of at least 4 members (excludes halogenated alkanes) is 4. The lowest BCUT2D eigenvalue weighted by Crippen LogP contribution is -2.48. The second kappa shape index (κ2) is 26.1. The van der Waals surface area contributed by atoms with Crippen molar-refractivity contribution in [1.29, 1.82) is 5.26 Å². The zero-order valence-corrected chi connectivity index (χ0v) is 31.0. The Labute approximate surface area is 305 Å². The standard InChI is InChI=1S/C20H26BNO4.C17H26BNO4.CH4O/c1-4-5-6-13-24-17-10-7-16(8-11-17)9-12-19(23)18-14-25-20(2,3)21(18)26-15-22;1-3-4-5-12-23-15-9-6-14(7-10-15)8-11-17(21)16(13-20)19-18(2)22;1-2/h7-8,10-11,18-19,23H,4-6,13-14H2,1-3H3;6-7,9-10,16-17,19-22H,3-5,12-13H2,1-2H3;2H,1H3/t18-,19+;16-,17+;/m11./s1. The molecule has 2 aromatic carbocycles. The number of aliphatic hydroxyl groups excluding tert-OH is 4. The Morgan fingerprint density at radius 2 is 1.39 bits per heavy atom. The molecule has 0 aliphatic carbocycles. The molecule has 1 heterocycles. The normalized spacial score (nSPS) is 15.7. The van der Waals surface area contributed by atoms with Gasteiger partial charge in [-0.05, 0) is 82.0 Å². The molecule has 0 unspecified atom stereocenters. The summed E-state index contributed by atoms with van der Waals surface area (Å²) in [5.41, 5.74) is 0.916. The van der Waals surface area contributed by atoms with Crippen LogP contribution in [-0.4, -0.2) is 96.7 Å². The van der Waals surface area contributed by atoms with Gasteiger partial charge in [0, 0.05) is 30.7 Å². The Morgan fingerprint density at radius 1 is 0.902 bits per heavy atom. The van der Waals surface area contributed by atoms with Crippen molar-refractivity contribution in [3.8, 4) is 41.4 Å². The van der Waals surface area contributed by atoms with Gasteiger partial charge in [-0.25, -0.2) is 0 Å². The molecule has 0 bridgehead atoms. The average Bonchev–Trinajstić information content (AvgIpc) is 3.44. The molecular formula is C38H56B2N2O9. The lowest BCUT2D eigenvalue weighted by atomic mass is 9.46. The molecule has 51 heavy (non-hydrogen) atoms. The van der Waals surface area contributed by atoms with Gasteiger partial charge in [-0.3, -0.25) is 0 Å². The van der Waals surface area contributed by atoms with Crippen molar-refractivity contribution in [3.05, 3.63) is 59.7 Å². The van der Waals surface area contributed by atoms with Crippen LogP contribution in [0, 0.1) is 35.2 Å². The van der Waals surface area contributed by atoms with Crippen molar-refractivity contribution in [2.45, 2.75) is 103 Å². The van der Waals surface area contributed by atoms with Gasteiger partial charge in [0.25, 0.3) is 6.26 Å². The SMILES string of the molecule is CCCCCOc1ccc(C#C[C@H](O)[C@@H](CO)NB(C)O)cc1.CCCCCOc1ccc(C#C[C@H](O)[C@H]2COC(C)(C)B2OC#N)cc1.CO. The second-order valence-corrected chi connectivity index (χ2v) is 12.4. The van der Waals surface area contributed by atoms with Crippen molar-refractivity contribution < 1.29 is 44.3 Å². The number of ether oxygens (including phenoxy) is 3. The molecule has 1 fully saturated rings. The Hall–Kier alpha value is -3.70. The monoisotopic (exact) mass is 706 g/mol. The first kappa shape index (κ1) is 45.3. The highest BCUT2D eigenvalue weighted by atomic mass is 16.5. The van der Waals surface area contributed by atoms with Crippen LogP contribution in [0.1, 0.15) is 77.3 Å². The molecule has 6 N–H and O–H groups in total. The van der Waals surface area contributed by atoms with Gasteiger partial charge in [0.2, 0.25) is 0 Å². The average molecular weight is 706 g/mol. The highest BCUT2D eigenvalue weighted by Crippen LogP contribution is 2.35. The van der Waals surface area contributed by atoms with Crippen LogP contribution in [0.2, 0.25) is 12.6 Å². The fourth-order valence-corrected chi connectivity index (χ4v) is 4.97. The van der Waals surface area contributed by atoms with E-state index in [4.69, 9.17) is 29.2 Å². The minimum atomic E-state index is -1.07. The van der Waals surface area contributed by atoms with E-state index in [0.717, 1.165) is 55.6 Å². The third-order valence-corrected chi connectivity index (χ3v) is 7.81. The molecule has 0 saturated carbocycles. The van der Waals surface area contributed by atoms with E-state index in [2.05, 4.69) is 42.8 Å². The largest absolute Gasteiger partial charge is 0.494 e. The van der Waals surface area contributed by atoms with Gasteiger partial charge < -0.3 is 49.5 Å². The minimum absolute atomic E-state index is 0.305. The maximum atomic E-state index is 10.4. The van der Waals surface area contributed by atoms with Crippen LogP contribution in [0.4, 0.5) is 0 Å². The van der Waals surface area contributed by atoms with Crippen LogP contribution in [0.15, 0.2) is 48.5 Å². The summed E-state index contributed by atoms with van der Waals surface area (Å²) in [5, 5.41) is 57.2. The Morgan fingerprint density at radius 3 is 1.82 bits per heavy atom. The van der Waals surface area contributed by atoms with Gasteiger partial charge in [-0.15, -0.1) is 0 Å². The number of nitrogens with one attached hydrogen (secondary N) is 1. The minimum Gasteiger partial charge on any atom is -0.494 e. The molecular weight excluding hydrogens is 650 g/mol. The summed E-state index contributed by atoms with van der Waals surface area (Å²) in [4.78, 5) is 0. The lowest BCUT2D eigenvalue weighted by molar-refractivity contribution is 0.0548. The quantitative estimate of drug-likeness (QED) is 0.0649. The molecule has 1 aliphatic heterocycles. The summed E-state index contributed by atoms with van der Waals surface area (Å²) in [6.07, 6.45) is 6.46. The summed E-state index contributed by atoms with van der Waals surface area (Å²) in [6, 6.07) is 14.1. The van der Waals surface area contributed by atoms with Gasteiger partial charge in [0.1, 0.15) is 23.7 Å². The maximum absolute atomic E-state index is 10.4. The van der Waals surface area contributed by atoms with E-state index < -0.39 is 37.7 Å². The van der Waals surface area contributed by atoms with Gasteiger partial charge >= 0.3 is 14.0 Å². The van der Waals surface area contributed by atoms with Crippen molar-refractivity contribution >= 4 is 14.0 Å². The smallest absolute Gasteiger partial charge is 0.414 e. The molecule has 2 aromatic rings. The molecule has 11 nitrogen and oxygen atoms in total. The topological polar surface area (TPSA) is 174 Å². The van der Waals surface area contributed by atoms with Crippen molar-refractivity contribution in [2.24, 2.45) is 0 Å². The predicted octanol–water partition coefficient (Wildman–Crippen LogP) is 3.81. The molecule has 0 aromatic heterocycles. The molecule has 1 aliphatic rings. The van der Waals surface area contributed by atoms with Crippen molar-refractivity contribution in [3.63, 3.8) is 0 Å². The number of nitrogens with zero attached hydrogens (tertiary/aromatic N) is 1. The van der Waals surface area contributed by atoms with E-state index in [1.165, 1.54) is 26.1 Å². The van der Waals surface area contributed by atoms with Crippen molar-refractivity contribution in [2.75, 3.05) is 33.5 Å². The molecule has 0 amide bonds. The summed E-state index contributed by atoms with van der Waals surface area (Å²) in [7, 11) is 0.174. The Bertz CT molecular complexity index is 1380. The third-order valence-electron chi connectivity index (χ3n) is 7.81. The van der Waals surface area contributed by atoms with Crippen LogP contribution in [-0.2, 0) is 9.39 Å². The second-order valence-electron chi connectivity index (χ2n) is 12.4. The number of benzene rings is 2. The van der Waals surface area contributed by atoms with Gasteiger partial charge in [-0.2, -0.15) is 5.26 Å². The molecule has 0 spiro atoms. The van der Waals surface area contributed by atoms with E-state index in [1.807, 2.05) is 62.4 Å². The number of nitriles is 1. The summed E-state index contributed by atoms with van der Waals surface area (Å²) < 4.78 is 22.0. The van der Waals surface area contributed by atoms with E-state index in [1.54, 1.807) is 6.26 Å². The number of hydrogen-bond donors (Lipinski definition) is 6. The molecule has 1 saturated heterocycles. The van der Waals surface area contributed by atoms with E-state index >= 15 is 0 Å². The molecule has 4 atom stereocenters. The molecule has 3 rings (SSSR count). The highest BCUT2D eigenvalue weighted by Gasteiger charge is 2.53. The number of aliphatic hydroxyl groups is 4. The van der Waals surface area contributed by atoms with Crippen molar-refractivity contribution in [1.82, 2.24) is 5.23 Å². The summed E-state index contributed by atoms with van der Waals surface area (Å²) >= 11 is 0. The summed E-state index contributed by atoms with van der Waals surface area (Å²) in [5.74, 6) is 12.6. The maximum Gasteiger partial charge on any atom is 0.414 e. The van der Waals surface area contributed by atoms with Crippen LogP contribution in [0.25, 0.3) is 0 Å². The van der Waals surface area contributed by atoms with Gasteiger partial charge in [-0.1, -0.05) is 63.2 Å². The fraction of sp³-hybridized carbons (Fsp3) is 0.553. The zero-order chi connectivity index (χ0) is 38.1. The van der Waals surface area contributed by atoms with E-state index in [-0.39, 0.29) is 12.4 Å². The van der Waals surface area contributed by atoms with Crippen LogP contribution in [0.3, 0.4) is 0 Å². The van der Waals surface area contributed by atoms with Gasteiger partial charge in [0.05, 0.1) is 31.4 Å². The highest BCUT2D eigenvalue weighted by molar-refractivity contribution is 6.58. The first-order valence-corrected chi connectivity index (χ1v) is 17.6. The predicted molar refractivity (Wildman–Crippen MR) is 201 cm³/mol. The Balaban J connectivity index is 0.000000490. The van der Waals surface area contributed by atoms with E-state index in [9.17, 15) is 20.3 Å². The Kier molecular flexibility index (Phi) is 23.2. The number of rotatable bonds is 16. The van der Waals surface area contributed by atoms with Crippen LogP contribution >= 0.6 is 0 Å². The van der Waals surface area contributed by atoms with Crippen LogP contribution in [0.5, 0.6) is 11.5 Å². The molecule has 278 valence electrons. The fourth-order valence-electron chi connectivity index (χ4n) is 4.97. The number of hydrogen-bond acceptors (Lipinski definition) is 11. The third kappa shape index (κ3) is 17.9. The first-order chi connectivity index (χ1) is 24.5. The zero-order valence-electron chi connectivity index (χ0n) is 31.0. The first-order valence-electron chi connectivity index (χ1n) is 17.6. The van der Waals surface area contributed by atoms with Crippen LogP contribution < -0.4 is 14.7 Å². The summed E-state index contributed by atoms with van der Waals surface area (Å²) in [6.45, 7) is 10.4. The van der Waals surface area contributed by atoms with Gasteiger partial charge in [0.15, 0.2) is 0 Å².